The van der Waals surface area contributed by atoms with E-state index >= 15 is 0 Å². The van der Waals surface area contributed by atoms with Gasteiger partial charge in [0, 0.05) is 5.56 Å². The summed E-state index contributed by atoms with van der Waals surface area (Å²) in [5.41, 5.74) is 4.71. The molecule has 5 nitrogen and oxygen atoms in total. The lowest BCUT2D eigenvalue weighted by Crippen LogP contribution is -2.30. The Balaban J connectivity index is 1.91. The van der Waals surface area contributed by atoms with Crippen molar-refractivity contribution in [1.82, 2.24) is 5.32 Å². The third-order valence-electron chi connectivity index (χ3n) is 4.69. The molecular formula is C23H24N2O3S. The second-order valence-electron chi connectivity index (χ2n) is 7.08. The highest BCUT2D eigenvalue weighted by atomic mass is 32.2. The van der Waals surface area contributed by atoms with Crippen molar-refractivity contribution in [3.8, 4) is 0 Å². The lowest BCUT2D eigenvalue weighted by Gasteiger charge is -2.22. The summed E-state index contributed by atoms with van der Waals surface area (Å²) in [6.45, 7) is 3.79. The van der Waals surface area contributed by atoms with Gasteiger partial charge in [-0.15, -0.1) is 0 Å². The number of nitrogens with one attached hydrogen (secondary N) is 2. The first kappa shape index (κ1) is 20.6. The normalized spacial score (nSPS) is 12.2. The SMILES string of the molecule is Cc1cc(C(=O)N[C@@H](c2ccccc2)c2ccccc2C)ccc1NS(C)(=O)=O. The van der Waals surface area contributed by atoms with Crippen LogP contribution in [0.3, 0.4) is 0 Å². The van der Waals surface area contributed by atoms with Crippen LogP contribution >= 0.6 is 0 Å². The number of hydrogen-bond donors (Lipinski definition) is 2. The predicted molar refractivity (Wildman–Crippen MR) is 117 cm³/mol. The summed E-state index contributed by atoms with van der Waals surface area (Å²) in [7, 11) is -3.38. The highest BCUT2D eigenvalue weighted by molar-refractivity contribution is 7.92. The van der Waals surface area contributed by atoms with Crippen molar-refractivity contribution < 1.29 is 13.2 Å². The van der Waals surface area contributed by atoms with Crippen LogP contribution < -0.4 is 10.0 Å². The lowest BCUT2D eigenvalue weighted by molar-refractivity contribution is 0.0943. The number of hydrogen-bond acceptors (Lipinski definition) is 3. The Morgan fingerprint density at radius 2 is 1.52 bits per heavy atom. The number of carbonyl (C=O) groups excluding carboxylic acids is 1. The molecule has 6 heteroatoms. The largest absolute Gasteiger partial charge is 0.341 e. The average molecular weight is 409 g/mol. The molecule has 0 unspecified atom stereocenters. The van der Waals surface area contributed by atoms with Crippen LogP contribution in [0.5, 0.6) is 0 Å². The van der Waals surface area contributed by atoms with Crippen LogP contribution in [0.25, 0.3) is 0 Å². The molecule has 0 aliphatic heterocycles. The molecule has 3 aromatic rings. The van der Waals surface area contributed by atoms with E-state index in [0.29, 0.717) is 16.8 Å². The first-order chi connectivity index (χ1) is 13.7. The molecule has 0 heterocycles. The minimum Gasteiger partial charge on any atom is -0.341 e. The maximum atomic E-state index is 13.0. The number of benzene rings is 3. The second kappa shape index (κ2) is 8.49. The predicted octanol–water partition coefficient (Wildman–Crippen LogP) is 4.19. The van der Waals surface area contributed by atoms with Crippen LogP contribution in [0.1, 0.15) is 38.7 Å². The van der Waals surface area contributed by atoms with Crippen molar-refractivity contribution in [3.63, 3.8) is 0 Å². The second-order valence-corrected chi connectivity index (χ2v) is 8.83. The van der Waals surface area contributed by atoms with Gasteiger partial charge in [0.05, 0.1) is 18.0 Å². The number of sulfonamides is 1. The molecule has 0 bridgehead atoms. The smallest absolute Gasteiger partial charge is 0.252 e. The van der Waals surface area contributed by atoms with Gasteiger partial charge in [0.1, 0.15) is 0 Å². The number of carbonyl (C=O) groups is 1. The van der Waals surface area contributed by atoms with Gasteiger partial charge in [0.15, 0.2) is 0 Å². The number of aryl methyl sites for hydroxylation is 2. The Labute approximate surface area is 171 Å². The molecule has 0 fully saturated rings. The van der Waals surface area contributed by atoms with Crippen LogP contribution in [-0.2, 0) is 10.0 Å². The molecular weight excluding hydrogens is 384 g/mol. The van der Waals surface area contributed by atoms with Crippen LogP contribution in [-0.4, -0.2) is 20.6 Å². The topological polar surface area (TPSA) is 75.3 Å². The van der Waals surface area contributed by atoms with Crippen molar-refractivity contribution in [2.45, 2.75) is 19.9 Å². The summed E-state index contributed by atoms with van der Waals surface area (Å²) in [6.07, 6.45) is 1.10. The molecule has 29 heavy (non-hydrogen) atoms. The third kappa shape index (κ3) is 5.23. The molecule has 3 aromatic carbocycles. The van der Waals surface area contributed by atoms with E-state index < -0.39 is 10.0 Å². The Bertz CT molecular complexity index is 1130. The monoisotopic (exact) mass is 408 g/mol. The van der Waals surface area contributed by atoms with Gasteiger partial charge in [0.2, 0.25) is 10.0 Å². The quantitative estimate of drug-likeness (QED) is 0.642. The van der Waals surface area contributed by atoms with Crippen LogP contribution in [0.2, 0.25) is 0 Å². The van der Waals surface area contributed by atoms with Gasteiger partial charge in [-0.1, -0.05) is 54.6 Å². The summed E-state index contributed by atoms with van der Waals surface area (Å²) >= 11 is 0. The van der Waals surface area contributed by atoms with E-state index in [-0.39, 0.29) is 11.9 Å². The summed E-state index contributed by atoms with van der Waals surface area (Å²) in [6, 6.07) is 22.4. The fourth-order valence-corrected chi connectivity index (χ4v) is 3.86. The van der Waals surface area contributed by atoms with E-state index in [9.17, 15) is 13.2 Å². The van der Waals surface area contributed by atoms with Crippen molar-refractivity contribution in [2.24, 2.45) is 0 Å². The molecule has 1 atom stereocenters. The molecule has 0 saturated carbocycles. The van der Waals surface area contributed by atoms with Crippen molar-refractivity contribution >= 4 is 21.6 Å². The van der Waals surface area contributed by atoms with Gasteiger partial charge in [-0.2, -0.15) is 0 Å². The van der Waals surface area contributed by atoms with Crippen LogP contribution in [0.15, 0.2) is 72.8 Å². The molecule has 0 spiro atoms. The molecule has 0 radical (unpaired) electrons. The van der Waals surface area contributed by atoms with E-state index in [1.165, 1.54) is 0 Å². The fraction of sp³-hybridized carbons (Fsp3) is 0.174. The zero-order valence-electron chi connectivity index (χ0n) is 16.6. The Morgan fingerprint density at radius 3 is 2.14 bits per heavy atom. The maximum Gasteiger partial charge on any atom is 0.252 e. The van der Waals surface area contributed by atoms with E-state index in [1.54, 1.807) is 25.1 Å². The molecule has 1 amide bonds. The van der Waals surface area contributed by atoms with Crippen molar-refractivity contribution in [3.05, 3.63) is 101 Å². The molecule has 0 saturated heterocycles. The average Bonchev–Trinajstić information content (AvgIpc) is 2.68. The molecule has 150 valence electrons. The summed E-state index contributed by atoms with van der Waals surface area (Å²) in [5.74, 6) is -0.226. The van der Waals surface area contributed by atoms with Gasteiger partial charge in [0.25, 0.3) is 5.91 Å². The summed E-state index contributed by atoms with van der Waals surface area (Å²) in [5, 5.41) is 3.12. The first-order valence-corrected chi connectivity index (χ1v) is 11.1. The maximum absolute atomic E-state index is 13.0. The first-order valence-electron chi connectivity index (χ1n) is 9.24. The van der Waals surface area contributed by atoms with E-state index in [4.69, 9.17) is 0 Å². The van der Waals surface area contributed by atoms with Gasteiger partial charge in [-0.05, 0) is 54.3 Å². The number of rotatable bonds is 6. The Hall–Kier alpha value is -3.12. The molecule has 0 aliphatic rings. The fourth-order valence-electron chi connectivity index (χ4n) is 3.23. The third-order valence-corrected chi connectivity index (χ3v) is 5.28. The van der Waals surface area contributed by atoms with Crippen LogP contribution in [0.4, 0.5) is 5.69 Å². The summed E-state index contributed by atoms with van der Waals surface area (Å²) < 4.78 is 25.4. The van der Waals surface area contributed by atoms with Crippen molar-refractivity contribution in [1.29, 1.82) is 0 Å². The van der Waals surface area contributed by atoms with Gasteiger partial charge >= 0.3 is 0 Å². The van der Waals surface area contributed by atoms with Crippen molar-refractivity contribution in [2.75, 3.05) is 11.0 Å². The standard InChI is InChI=1S/C23H24N2O3S/c1-16-9-7-8-12-20(16)22(18-10-5-4-6-11-18)24-23(26)19-13-14-21(17(2)15-19)25-29(3,27)28/h4-15,22,25H,1-3H3,(H,24,26)/t22-/m0/s1. The molecule has 2 N–H and O–H groups in total. The number of amides is 1. The van der Waals surface area contributed by atoms with E-state index in [1.807, 2.05) is 61.5 Å². The van der Waals surface area contributed by atoms with Crippen LogP contribution in [0, 0.1) is 13.8 Å². The lowest BCUT2D eigenvalue weighted by atomic mass is 9.94. The molecule has 0 aromatic heterocycles. The summed E-state index contributed by atoms with van der Waals surface area (Å²) in [4.78, 5) is 13.0. The minimum atomic E-state index is -3.38. The Kier molecular flexibility index (Phi) is 6.03. The minimum absolute atomic E-state index is 0.226. The highest BCUT2D eigenvalue weighted by Crippen LogP contribution is 2.26. The zero-order chi connectivity index (χ0) is 21.0. The van der Waals surface area contributed by atoms with E-state index in [0.717, 1.165) is 22.9 Å². The van der Waals surface area contributed by atoms with Gasteiger partial charge in [-0.3, -0.25) is 9.52 Å². The molecule has 3 rings (SSSR count). The Morgan fingerprint density at radius 1 is 0.862 bits per heavy atom. The number of anilines is 1. The molecule has 0 aliphatic carbocycles. The zero-order valence-corrected chi connectivity index (χ0v) is 17.5. The van der Waals surface area contributed by atoms with Gasteiger partial charge < -0.3 is 5.32 Å². The highest BCUT2D eigenvalue weighted by Gasteiger charge is 2.19. The van der Waals surface area contributed by atoms with E-state index in [2.05, 4.69) is 10.0 Å². The van der Waals surface area contributed by atoms with Gasteiger partial charge in [-0.25, -0.2) is 8.42 Å².